The molecule has 8 nitrogen and oxygen atoms in total. The van der Waals surface area contributed by atoms with Crippen LogP contribution in [-0.2, 0) is 21.4 Å². The predicted molar refractivity (Wildman–Crippen MR) is 101 cm³/mol. The van der Waals surface area contributed by atoms with Crippen LogP contribution in [0.5, 0.6) is 5.75 Å². The minimum atomic E-state index is -3.87. The first kappa shape index (κ1) is 20.6. The van der Waals surface area contributed by atoms with Crippen molar-refractivity contribution in [3.8, 4) is 5.75 Å². The molecule has 28 heavy (non-hydrogen) atoms. The molecule has 0 radical (unpaired) electrons. The molecule has 1 aliphatic rings. The molecule has 0 N–H and O–H groups in total. The van der Waals surface area contributed by atoms with E-state index in [2.05, 4.69) is 15.9 Å². The van der Waals surface area contributed by atoms with Gasteiger partial charge in [0.15, 0.2) is 5.75 Å². The summed E-state index contributed by atoms with van der Waals surface area (Å²) in [4.78, 5) is 10.6. The van der Waals surface area contributed by atoms with Crippen LogP contribution in [0.4, 0.5) is 10.1 Å². The van der Waals surface area contributed by atoms with E-state index in [1.54, 1.807) is 0 Å². The van der Waals surface area contributed by atoms with Crippen molar-refractivity contribution >= 4 is 31.6 Å². The summed E-state index contributed by atoms with van der Waals surface area (Å²) in [5, 5.41) is 11.4. The van der Waals surface area contributed by atoms with E-state index in [0.29, 0.717) is 10.0 Å². The quantitative estimate of drug-likeness (QED) is 0.471. The number of benzene rings is 2. The van der Waals surface area contributed by atoms with Gasteiger partial charge in [0, 0.05) is 29.2 Å². The highest BCUT2D eigenvalue weighted by molar-refractivity contribution is 9.10. The van der Waals surface area contributed by atoms with E-state index in [4.69, 9.17) is 9.47 Å². The molecule has 0 aliphatic carbocycles. The highest BCUT2D eigenvalue weighted by Crippen LogP contribution is 2.32. The highest BCUT2D eigenvalue weighted by atomic mass is 79.9. The Bertz CT molecular complexity index is 995. The van der Waals surface area contributed by atoms with Crippen LogP contribution in [0.3, 0.4) is 0 Å². The van der Waals surface area contributed by atoms with Gasteiger partial charge in [-0.2, -0.15) is 4.31 Å². The van der Waals surface area contributed by atoms with Crippen molar-refractivity contribution in [2.75, 3.05) is 26.3 Å². The van der Waals surface area contributed by atoms with Crippen molar-refractivity contribution in [2.24, 2.45) is 0 Å². The van der Waals surface area contributed by atoms with Crippen LogP contribution in [0.1, 0.15) is 5.56 Å². The van der Waals surface area contributed by atoms with Crippen molar-refractivity contribution in [3.05, 3.63) is 62.4 Å². The molecule has 1 aliphatic heterocycles. The van der Waals surface area contributed by atoms with Crippen LogP contribution in [0.2, 0.25) is 0 Å². The van der Waals surface area contributed by atoms with Crippen molar-refractivity contribution in [1.29, 1.82) is 0 Å². The Morgan fingerprint density at radius 2 is 1.93 bits per heavy atom. The Hall–Kier alpha value is -2.08. The lowest BCUT2D eigenvalue weighted by Gasteiger charge is -2.26. The number of nitrogens with zero attached hydrogens (tertiary/aromatic N) is 2. The van der Waals surface area contributed by atoms with Crippen LogP contribution in [-0.4, -0.2) is 43.9 Å². The summed E-state index contributed by atoms with van der Waals surface area (Å²) in [6, 6.07) is 7.50. The standard InChI is InChI=1S/C17H16BrFN2O6S/c18-15-9-13(19)2-1-12(15)11-27-17-4-3-14(10-16(17)21(22)23)28(24,25)20-5-7-26-8-6-20/h1-4,9-10H,5-8,11H2. The number of ether oxygens (including phenoxy) is 2. The minimum Gasteiger partial charge on any atom is -0.482 e. The molecule has 0 atom stereocenters. The Morgan fingerprint density at radius 3 is 2.57 bits per heavy atom. The Balaban J connectivity index is 1.86. The molecular weight excluding hydrogens is 459 g/mol. The molecule has 1 fully saturated rings. The van der Waals surface area contributed by atoms with E-state index in [0.717, 1.165) is 6.07 Å². The van der Waals surface area contributed by atoms with Gasteiger partial charge in [0.05, 0.1) is 23.0 Å². The molecule has 0 amide bonds. The second kappa shape index (κ2) is 8.52. The molecule has 150 valence electrons. The van der Waals surface area contributed by atoms with Crippen molar-refractivity contribution in [2.45, 2.75) is 11.5 Å². The van der Waals surface area contributed by atoms with E-state index in [9.17, 15) is 22.9 Å². The van der Waals surface area contributed by atoms with Crippen molar-refractivity contribution < 1.29 is 27.2 Å². The van der Waals surface area contributed by atoms with Gasteiger partial charge in [-0.1, -0.05) is 22.0 Å². The van der Waals surface area contributed by atoms with Crippen molar-refractivity contribution in [3.63, 3.8) is 0 Å². The summed E-state index contributed by atoms with van der Waals surface area (Å²) in [6.07, 6.45) is 0. The molecule has 0 aromatic heterocycles. The van der Waals surface area contributed by atoms with Gasteiger partial charge in [-0.25, -0.2) is 12.8 Å². The SMILES string of the molecule is O=[N+]([O-])c1cc(S(=O)(=O)N2CCOCC2)ccc1OCc1ccc(F)cc1Br. The van der Waals surface area contributed by atoms with E-state index in [1.807, 2.05) is 0 Å². The van der Waals surface area contributed by atoms with Gasteiger partial charge in [0.2, 0.25) is 10.0 Å². The number of nitro benzene ring substituents is 1. The Labute approximate surface area is 169 Å². The zero-order valence-corrected chi connectivity index (χ0v) is 16.9. The number of hydrogen-bond donors (Lipinski definition) is 0. The lowest BCUT2D eigenvalue weighted by atomic mass is 10.2. The lowest BCUT2D eigenvalue weighted by Crippen LogP contribution is -2.40. The first-order valence-electron chi connectivity index (χ1n) is 8.22. The number of nitro groups is 1. The van der Waals surface area contributed by atoms with E-state index in [-0.39, 0.29) is 43.6 Å². The molecule has 0 spiro atoms. The summed E-state index contributed by atoms with van der Waals surface area (Å²) in [7, 11) is -3.87. The van der Waals surface area contributed by atoms with Crippen LogP contribution in [0.25, 0.3) is 0 Å². The first-order valence-corrected chi connectivity index (χ1v) is 10.5. The van der Waals surface area contributed by atoms with Gasteiger partial charge >= 0.3 is 5.69 Å². The Morgan fingerprint density at radius 1 is 1.21 bits per heavy atom. The molecule has 0 saturated carbocycles. The van der Waals surface area contributed by atoms with Crippen LogP contribution >= 0.6 is 15.9 Å². The maximum atomic E-state index is 13.2. The van der Waals surface area contributed by atoms with E-state index < -0.39 is 26.5 Å². The fraction of sp³-hybridized carbons (Fsp3) is 0.294. The smallest absolute Gasteiger partial charge is 0.312 e. The first-order chi connectivity index (χ1) is 13.3. The van der Waals surface area contributed by atoms with Gasteiger partial charge in [0.1, 0.15) is 12.4 Å². The van der Waals surface area contributed by atoms with Crippen LogP contribution < -0.4 is 4.74 Å². The fourth-order valence-corrected chi connectivity index (χ4v) is 4.55. The van der Waals surface area contributed by atoms with Gasteiger partial charge in [-0.05, 0) is 24.3 Å². The fourth-order valence-electron chi connectivity index (χ4n) is 2.65. The van der Waals surface area contributed by atoms with Crippen molar-refractivity contribution in [1.82, 2.24) is 4.31 Å². The summed E-state index contributed by atoms with van der Waals surface area (Å²) in [6.45, 7) is 0.862. The van der Waals surface area contributed by atoms with E-state index >= 15 is 0 Å². The number of halogens is 2. The summed E-state index contributed by atoms with van der Waals surface area (Å²) in [5.74, 6) is -0.513. The zero-order chi connectivity index (χ0) is 20.3. The second-order valence-electron chi connectivity index (χ2n) is 5.93. The van der Waals surface area contributed by atoms with Gasteiger partial charge in [-0.3, -0.25) is 10.1 Å². The third kappa shape index (κ3) is 4.49. The van der Waals surface area contributed by atoms with Gasteiger partial charge < -0.3 is 9.47 Å². The minimum absolute atomic E-state index is 0.0583. The number of rotatable bonds is 6. The summed E-state index contributed by atoms with van der Waals surface area (Å²) < 4.78 is 50.9. The monoisotopic (exact) mass is 474 g/mol. The third-order valence-electron chi connectivity index (χ3n) is 4.13. The molecule has 1 heterocycles. The predicted octanol–water partition coefficient (Wildman–Crippen LogP) is 3.10. The molecular formula is C17H16BrFN2O6S. The average Bonchev–Trinajstić information content (AvgIpc) is 2.67. The summed E-state index contributed by atoms with van der Waals surface area (Å²) in [5.41, 5.74) is 0.119. The molecule has 0 unspecified atom stereocenters. The molecule has 2 aromatic rings. The largest absolute Gasteiger partial charge is 0.482 e. The average molecular weight is 475 g/mol. The van der Waals surface area contributed by atoms with Gasteiger partial charge in [0.25, 0.3) is 0 Å². The number of hydrogen-bond acceptors (Lipinski definition) is 6. The maximum absolute atomic E-state index is 13.2. The van der Waals surface area contributed by atoms with E-state index in [1.165, 1.54) is 34.6 Å². The second-order valence-corrected chi connectivity index (χ2v) is 8.72. The maximum Gasteiger partial charge on any atom is 0.312 e. The normalized spacial score (nSPS) is 15.4. The van der Waals surface area contributed by atoms with Crippen LogP contribution in [0, 0.1) is 15.9 Å². The highest BCUT2D eigenvalue weighted by Gasteiger charge is 2.29. The molecule has 3 rings (SSSR count). The lowest BCUT2D eigenvalue weighted by molar-refractivity contribution is -0.386. The molecule has 0 bridgehead atoms. The molecule has 11 heteroatoms. The number of sulfonamides is 1. The van der Waals surface area contributed by atoms with Gasteiger partial charge in [-0.15, -0.1) is 0 Å². The zero-order valence-electron chi connectivity index (χ0n) is 14.5. The Kier molecular flexibility index (Phi) is 6.28. The third-order valence-corrected chi connectivity index (χ3v) is 6.77. The molecule has 1 saturated heterocycles. The number of morpholine rings is 1. The van der Waals surface area contributed by atoms with Crippen LogP contribution in [0.15, 0.2) is 45.8 Å². The topological polar surface area (TPSA) is 99.0 Å². The molecule has 2 aromatic carbocycles. The summed E-state index contributed by atoms with van der Waals surface area (Å²) >= 11 is 3.20.